The molecule has 0 radical (unpaired) electrons. The van der Waals surface area contributed by atoms with E-state index in [1.54, 1.807) is 18.3 Å². The van der Waals surface area contributed by atoms with Crippen molar-refractivity contribution in [1.82, 2.24) is 29.4 Å². The Morgan fingerprint density at radius 1 is 0.980 bits per heavy atom. The highest BCUT2D eigenvalue weighted by Gasteiger charge is 2.31. The van der Waals surface area contributed by atoms with Gasteiger partial charge in [0.1, 0.15) is 5.52 Å². The average Bonchev–Trinajstić information content (AvgIpc) is 3.42. The van der Waals surface area contributed by atoms with E-state index >= 15 is 0 Å². The van der Waals surface area contributed by atoms with Crippen LogP contribution in [0.25, 0.3) is 22.4 Å². The normalized spacial score (nSPS) is 16.5. The molecule has 0 spiro atoms. The first kappa shape index (κ1) is 35.2. The van der Waals surface area contributed by atoms with Crippen molar-refractivity contribution in [3.8, 4) is 11.3 Å². The Kier molecular flexibility index (Phi) is 9.56. The fourth-order valence-corrected chi connectivity index (χ4v) is 8.03. The van der Waals surface area contributed by atoms with Crippen molar-refractivity contribution < 1.29 is 13.2 Å². The number of hydrogen-bond acceptors (Lipinski definition) is 7. The fraction of sp³-hybridized carbons (Fsp3) is 0.410. The van der Waals surface area contributed by atoms with Crippen LogP contribution in [0.4, 0.5) is 5.95 Å². The van der Waals surface area contributed by atoms with Crippen molar-refractivity contribution in [3.63, 3.8) is 0 Å². The Balaban J connectivity index is 1.50. The number of nitrogens with one attached hydrogen (secondary N) is 1. The number of carbonyl (C=O) groups is 1. The number of carbonyl (C=O) groups excluding carboxylic acids is 1. The van der Waals surface area contributed by atoms with Crippen LogP contribution in [0, 0.1) is 19.3 Å². The standard InChI is InChI=1S/C39H47N7O3S/c1-9-45-34(24(2)3)20-33-36(45)41-29(22-40-33)23-46-30(21-39(6,7)8)17-16-28-19-32(35-25(4)12-10-13-26(35)5)43-38(42-28)44-50(48,49)31-15-11-14-27(18-31)37(46)47/h10-15,18-20,22,24,30H,9,16-17,21,23H2,1-8H3,(H,42,43,44)/t30-/m0/s1. The maximum absolute atomic E-state index is 14.6. The third kappa shape index (κ3) is 7.28. The molecule has 2 aromatic carbocycles. The van der Waals surface area contributed by atoms with E-state index in [1.807, 2.05) is 43.0 Å². The third-order valence-electron chi connectivity index (χ3n) is 9.34. The van der Waals surface area contributed by atoms with Gasteiger partial charge in [-0.15, -0.1) is 0 Å². The second-order valence-electron chi connectivity index (χ2n) is 14.9. The van der Waals surface area contributed by atoms with Crippen molar-refractivity contribution in [2.45, 2.75) is 105 Å². The molecule has 0 fully saturated rings. The molecule has 10 nitrogen and oxygen atoms in total. The molecule has 6 rings (SSSR count). The maximum atomic E-state index is 14.6. The lowest BCUT2D eigenvalue weighted by Crippen LogP contribution is -2.42. The summed E-state index contributed by atoms with van der Waals surface area (Å²) in [6.07, 6.45) is 3.55. The topological polar surface area (TPSA) is 123 Å². The highest BCUT2D eigenvalue weighted by atomic mass is 32.2. The van der Waals surface area contributed by atoms with Gasteiger partial charge < -0.3 is 9.47 Å². The quantitative estimate of drug-likeness (QED) is 0.192. The summed E-state index contributed by atoms with van der Waals surface area (Å²) in [6, 6.07) is 16.0. The lowest BCUT2D eigenvalue weighted by atomic mass is 9.85. The lowest BCUT2D eigenvalue weighted by molar-refractivity contribution is 0.0592. The van der Waals surface area contributed by atoms with Crippen LogP contribution in [0.15, 0.2) is 65.7 Å². The van der Waals surface area contributed by atoms with Crippen LogP contribution < -0.4 is 4.72 Å². The number of sulfonamides is 1. The van der Waals surface area contributed by atoms with E-state index in [1.165, 1.54) is 17.8 Å². The number of benzene rings is 2. The first-order valence-electron chi connectivity index (χ1n) is 17.4. The average molecular weight is 694 g/mol. The van der Waals surface area contributed by atoms with E-state index in [0.717, 1.165) is 34.4 Å². The van der Waals surface area contributed by atoms with Crippen molar-refractivity contribution in [2.24, 2.45) is 5.41 Å². The molecule has 0 saturated heterocycles. The molecule has 1 amide bonds. The first-order valence-corrected chi connectivity index (χ1v) is 18.9. The van der Waals surface area contributed by atoms with E-state index in [4.69, 9.17) is 19.9 Å². The smallest absolute Gasteiger partial charge is 0.264 e. The van der Waals surface area contributed by atoms with E-state index in [2.05, 4.69) is 56.9 Å². The molecule has 1 atom stereocenters. The molecule has 0 saturated carbocycles. The van der Waals surface area contributed by atoms with Crippen LogP contribution >= 0.6 is 0 Å². The van der Waals surface area contributed by atoms with Crippen LogP contribution in [0.1, 0.15) is 98.9 Å². The third-order valence-corrected chi connectivity index (χ3v) is 10.7. The Morgan fingerprint density at radius 3 is 2.38 bits per heavy atom. The second-order valence-corrected chi connectivity index (χ2v) is 16.6. The predicted octanol–water partition coefficient (Wildman–Crippen LogP) is 7.84. The molecule has 4 heterocycles. The lowest BCUT2D eigenvalue weighted by Gasteiger charge is -2.36. The summed E-state index contributed by atoms with van der Waals surface area (Å²) in [5.41, 5.74) is 7.96. The van der Waals surface area contributed by atoms with Crippen molar-refractivity contribution in [2.75, 3.05) is 4.72 Å². The minimum absolute atomic E-state index is 0.00336. The van der Waals surface area contributed by atoms with Crippen LogP contribution in [0.5, 0.6) is 0 Å². The van der Waals surface area contributed by atoms with Crippen molar-refractivity contribution in [3.05, 3.63) is 94.6 Å². The number of aromatic nitrogens is 5. The van der Waals surface area contributed by atoms with E-state index < -0.39 is 10.0 Å². The SMILES string of the molecule is CCn1c(C(C)C)cc2ncc(CN3C(=O)c4cccc(c4)S(=O)(=O)Nc4nc(cc(-c5c(C)cccc5C)n4)CC[C@H]3CC(C)(C)C)nc21. The van der Waals surface area contributed by atoms with E-state index in [9.17, 15) is 13.2 Å². The Bertz CT molecular complexity index is 2160. The summed E-state index contributed by atoms with van der Waals surface area (Å²) >= 11 is 0. The molecule has 4 bridgehead atoms. The van der Waals surface area contributed by atoms with Gasteiger partial charge in [-0.3, -0.25) is 9.78 Å². The number of fused-ring (bicyclic) bond motifs is 5. The molecule has 11 heteroatoms. The van der Waals surface area contributed by atoms with E-state index in [0.29, 0.717) is 42.3 Å². The zero-order valence-electron chi connectivity index (χ0n) is 30.3. The van der Waals surface area contributed by atoms with Crippen LogP contribution in [-0.2, 0) is 29.5 Å². The zero-order valence-corrected chi connectivity index (χ0v) is 31.1. The Hall–Kier alpha value is -4.64. The number of rotatable bonds is 6. The fourth-order valence-electron chi connectivity index (χ4n) is 7.04. The minimum Gasteiger partial charge on any atom is -0.330 e. The molecular formula is C39H47N7O3S. The first-order chi connectivity index (χ1) is 23.6. The Morgan fingerprint density at radius 2 is 1.70 bits per heavy atom. The molecule has 50 heavy (non-hydrogen) atoms. The number of nitrogens with zero attached hydrogens (tertiary/aromatic N) is 6. The van der Waals surface area contributed by atoms with Gasteiger partial charge in [0.05, 0.1) is 29.0 Å². The van der Waals surface area contributed by atoms with Gasteiger partial charge >= 0.3 is 0 Å². The zero-order chi connectivity index (χ0) is 36.0. The molecule has 3 aromatic heterocycles. The summed E-state index contributed by atoms with van der Waals surface area (Å²) in [5.74, 6) is 0.0470. The molecular weight excluding hydrogens is 647 g/mol. The predicted molar refractivity (Wildman–Crippen MR) is 198 cm³/mol. The Labute approximate surface area is 295 Å². The number of anilines is 1. The summed E-state index contributed by atoms with van der Waals surface area (Å²) < 4.78 is 32.4. The minimum atomic E-state index is -4.13. The van der Waals surface area contributed by atoms with Gasteiger partial charge in [0.2, 0.25) is 5.95 Å². The van der Waals surface area contributed by atoms with Gasteiger partial charge in [0.15, 0.2) is 5.65 Å². The summed E-state index contributed by atoms with van der Waals surface area (Å²) in [5, 5.41) is 0. The van der Waals surface area contributed by atoms with Crippen LogP contribution in [-0.4, -0.2) is 49.8 Å². The largest absolute Gasteiger partial charge is 0.330 e. The van der Waals surface area contributed by atoms with Gasteiger partial charge in [0, 0.05) is 35.1 Å². The molecule has 0 unspecified atom stereocenters. The van der Waals surface area contributed by atoms with Crippen molar-refractivity contribution >= 4 is 33.0 Å². The summed E-state index contributed by atoms with van der Waals surface area (Å²) in [6.45, 7) is 17.9. The number of aryl methyl sites for hydroxylation is 4. The monoisotopic (exact) mass is 693 g/mol. The van der Waals surface area contributed by atoms with Crippen LogP contribution in [0.3, 0.4) is 0 Å². The van der Waals surface area contributed by atoms with Crippen LogP contribution in [0.2, 0.25) is 0 Å². The van der Waals surface area contributed by atoms with Gasteiger partial charge in [0.25, 0.3) is 15.9 Å². The highest BCUT2D eigenvalue weighted by Crippen LogP contribution is 2.32. The van der Waals surface area contributed by atoms with Gasteiger partial charge in [-0.1, -0.05) is 58.9 Å². The molecule has 262 valence electrons. The van der Waals surface area contributed by atoms with Gasteiger partial charge in [-0.05, 0) is 92.8 Å². The molecule has 0 aliphatic carbocycles. The highest BCUT2D eigenvalue weighted by molar-refractivity contribution is 7.92. The summed E-state index contributed by atoms with van der Waals surface area (Å²) in [4.78, 5) is 35.7. The summed E-state index contributed by atoms with van der Waals surface area (Å²) in [7, 11) is -4.13. The molecule has 1 aliphatic rings. The number of hydrogen-bond donors (Lipinski definition) is 1. The molecule has 5 aromatic rings. The molecule has 1 aliphatic heterocycles. The maximum Gasteiger partial charge on any atom is 0.264 e. The number of amides is 1. The van der Waals surface area contributed by atoms with Gasteiger partial charge in [-0.2, -0.15) is 0 Å². The van der Waals surface area contributed by atoms with Gasteiger partial charge in [-0.25, -0.2) is 28.1 Å². The molecule has 1 N–H and O–H groups in total. The van der Waals surface area contributed by atoms with Crippen molar-refractivity contribution in [1.29, 1.82) is 0 Å². The second kappa shape index (κ2) is 13.6. The van der Waals surface area contributed by atoms with E-state index in [-0.39, 0.29) is 40.3 Å².